The summed E-state index contributed by atoms with van der Waals surface area (Å²) < 4.78 is 5.17. The smallest absolute Gasteiger partial charge is 0.407 e. The first-order valence-corrected chi connectivity index (χ1v) is 7.49. The van der Waals surface area contributed by atoms with Gasteiger partial charge in [-0.05, 0) is 30.7 Å². The maximum absolute atomic E-state index is 11.9. The van der Waals surface area contributed by atoms with Crippen molar-refractivity contribution in [1.29, 1.82) is 0 Å². The molecule has 1 aromatic rings. The summed E-state index contributed by atoms with van der Waals surface area (Å²) in [5.74, 6) is -0.770. The molecule has 0 heterocycles. The van der Waals surface area contributed by atoms with Crippen LogP contribution in [0.1, 0.15) is 31.2 Å². The number of carboxylic acids is 1. The highest BCUT2D eigenvalue weighted by Crippen LogP contribution is 2.23. The molecular formula is C17H21NO4. The molecule has 1 aliphatic rings. The van der Waals surface area contributed by atoms with Crippen molar-refractivity contribution in [3.05, 3.63) is 48.0 Å². The Labute approximate surface area is 130 Å². The van der Waals surface area contributed by atoms with Gasteiger partial charge in [0.1, 0.15) is 6.61 Å². The van der Waals surface area contributed by atoms with Crippen molar-refractivity contribution in [3.8, 4) is 0 Å². The van der Waals surface area contributed by atoms with Crippen LogP contribution in [0.2, 0.25) is 0 Å². The summed E-state index contributed by atoms with van der Waals surface area (Å²) in [6.45, 7) is 0.178. The highest BCUT2D eigenvalue weighted by Gasteiger charge is 2.26. The van der Waals surface area contributed by atoms with Crippen LogP contribution in [-0.4, -0.2) is 23.2 Å². The number of hydrogen-bond acceptors (Lipinski definition) is 3. The van der Waals surface area contributed by atoms with Gasteiger partial charge in [-0.2, -0.15) is 0 Å². The molecule has 1 amide bonds. The molecule has 1 aliphatic carbocycles. The third kappa shape index (κ3) is 5.24. The Morgan fingerprint density at radius 2 is 2.05 bits per heavy atom. The lowest BCUT2D eigenvalue weighted by Gasteiger charge is -2.27. The fourth-order valence-corrected chi connectivity index (χ4v) is 2.62. The monoisotopic (exact) mass is 303 g/mol. The average Bonchev–Trinajstić information content (AvgIpc) is 2.54. The number of nitrogens with one attached hydrogen (secondary N) is 1. The van der Waals surface area contributed by atoms with Gasteiger partial charge < -0.3 is 15.2 Å². The minimum atomic E-state index is -0.914. The minimum absolute atomic E-state index is 0.0844. The van der Waals surface area contributed by atoms with E-state index in [1.54, 1.807) is 0 Å². The molecule has 5 heteroatoms. The first kappa shape index (κ1) is 16.1. The van der Waals surface area contributed by atoms with Crippen LogP contribution >= 0.6 is 0 Å². The number of carbonyl (C=O) groups excluding carboxylic acids is 1. The van der Waals surface area contributed by atoms with Crippen LogP contribution in [0.15, 0.2) is 42.5 Å². The lowest BCUT2D eigenvalue weighted by atomic mass is 9.86. The van der Waals surface area contributed by atoms with E-state index in [4.69, 9.17) is 9.84 Å². The highest BCUT2D eigenvalue weighted by molar-refractivity contribution is 5.71. The maximum atomic E-state index is 11.9. The first-order valence-electron chi connectivity index (χ1n) is 7.49. The predicted molar refractivity (Wildman–Crippen MR) is 82.3 cm³/mol. The van der Waals surface area contributed by atoms with E-state index in [0.29, 0.717) is 0 Å². The topological polar surface area (TPSA) is 75.6 Å². The summed E-state index contributed by atoms with van der Waals surface area (Å²) >= 11 is 0. The third-order valence-electron chi connectivity index (χ3n) is 3.79. The van der Waals surface area contributed by atoms with Crippen LogP contribution in [0.25, 0.3) is 0 Å². The van der Waals surface area contributed by atoms with Gasteiger partial charge in [0.15, 0.2) is 0 Å². The molecule has 118 valence electrons. The number of benzene rings is 1. The molecule has 2 rings (SSSR count). The molecule has 22 heavy (non-hydrogen) atoms. The number of carbonyl (C=O) groups is 2. The van der Waals surface area contributed by atoms with Gasteiger partial charge in [-0.3, -0.25) is 4.79 Å². The van der Waals surface area contributed by atoms with Crippen LogP contribution in [0.4, 0.5) is 4.79 Å². The van der Waals surface area contributed by atoms with Crippen molar-refractivity contribution >= 4 is 12.1 Å². The van der Waals surface area contributed by atoms with E-state index >= 15 is 0 Å². The Kier molecular flexibility index (Phi) is 6.01. The number of hydrogen-bond donors (Lipinski definition) is 2. The lowest BCUT2D eigenvalue weighted by molar-refractivity contribution is -0.137. The summed E-state index contributed by atoms with van der Waals surface area (Å²) in [6, 6.07) is 8.98. The quantitative estimate of drug-likeness (QED) is 0.792. The van der Waals surface area contributed by atoms with Gasteiger partial charge in [0, 0.05) is 6.04 Å². The van der Waals surface area contributed by atoms with E-state index in [1.807, 2.05) is 36.4 Å². The Balaban J connectivity index is 1.87. The van der Waals surface area contributed by atoms with Gasteiger partial charge in [0.05, 0.1) is 6.42 Å². The van der Waals surface area contributed by atoms with Crippen molar-refractivity contribution in [2.45, 2.75) is 38.3 Å². The molecule has 0 saturated heterocycles. The van der Waals surface area contributed by atoms with Gasteiger partial charge in [-0.25, -0.2) is 4.79 Å². The van der Waals surface area contributed by atoms with E-state index in [9.17, 15) is 9.59 Å². The summed E-state index contributed by atoms with van der Waals surface area (Å²) in [7, 11) is 0. The minimum Gasteiger partial charge on any atom is -0.481 e. The van der Waals surface area contributed by atoms with Crippen LogP contribution in [-0.2, 0) is 16.1 Å². The zero-order valence-electron chi connectivity index (χ0n) is 12.4. The Morgan fingerprint density at radius 3 is 2.68 bits per heavy atom. The van der Waals surface area contributed by atoms with Gasteiger partial charge in [-0.1, -0.05) is 42.5 Å². The van der Waals surface area contributed by atoms with Crippen molar-refractivity contribution in [2.24, 2.45) is 5.92 Å². The van der Waals surface area contributed by atoms with E-state index in [1.165, 1.54) is 0 Å². The second kappa shape index (κ2) is 8.22. The van der Waals surface area contributed by atoms with Gasteiger partial charge in [-0.15, -0.1) is 0 Å². The zero-order valence-corrected chi connectivity index (χ0v) is 12.4. The van der Waals surface area contributed by atoms with E-state index in [0.717, 1.165) is 24.8 Å². The average molecular weight is 303 g/mol. The molecular weight excluding hydrogens is 282 g/mol. The summed E-state index contributed by atoms with van der Waals surface area (Å²) in [6.07, 6.45) is 6.07. The number of alkyl carbamates (subject to hydrolysis) is 1. The van der Waals surface area contributed by atoms with Crippen LogP contribution in [0.5, 0.6) is 0 Å². The molecule has 0 aliphatic heterocycles. The van der Waals surface area contributed by atoms with Crippen LogP contribution in [0.3, 0.4) is 0 Å². The fraction of sp³-hybridized carbons (Fsp3) is 0.412. The Morgan fingerprint density at radius 1 is 1.27 bits per heavy atom. The molecule has 5 nitrogen and oxygen atoms in total. The molecule has 1 aromatic carbocycles. The second-order valence-corrected chi connectivity index (χ2v) is 5.45. The molecule has 0 saturated carbocycles. The largest absolute Gasteiger partial charge is 0.481 e. The zero-order chi connectivity index (χ0) is 15.8. The van der Waals surface area contributed by atoms with Crippen molar-refractivity contribution < 1.29 is 19.4 Å². The number of rotatable bonds is 6. The molecule has 0 radical (unpaired) electrons. The number of ether oxygens (including phenoxy) is 1. The van der Waals surface area contributed by atoms with Crippen molar-refractivity contribution in [3.63, 3.8) is 0 Å². The van der Waals surface area contributed by atoms with Crippen molar-refractivity contribution in [1.82, 2.24) is 5.32 Å². The van der Waals surface area contributed by atoms with E-state index in [2.05, 4.69) is 11.4 Å². The molecule has 0 bridgehead atoms. The van der Waals surface area contributed by atoms with Gasteiger partial charge in [0.25, 0.3) is 0 Å². The molecule has 0 spiro atoms. The van der Waals surface area contributed by atoms with Crippen LogP contribution in [0, 0.1) is 5.92 Å². The number of amides is 1. The Hall–Kier alpha value is -2.30. The normalized spacial score (nSPS) is 18.5. The van der Waals surface area contributed by atoms with E-state index < -0.39 is 18.1 Å². The standard InChI is InChI=1S/C17H21NO4/c19-16(20)11-15(14-9-5-2-6-10-14)18-17(21)22-12-13-7-3-1-4-8-13/h1-5,7-8,14-15H,6,9-12H2,(H,18,21)(H,19,20)/t14-,15+/m1/s1. The first-order chi connectivity index (χ1) is 10.6. The van der Waals surface area contributed by atoms with E-state index in [-0.39, 0.29) is 18.9 Å². The van der Waals surface area contributed by atoms with Gasteiger partial charge in [0.2, 0.25) is 0 Å². The fourth-order valence-electron chi connectivity index (χ4n) is 2.62. The molecule has 0 aromatic heterocycles. The molecule has 0 unspecified atom stereocenters. The number of aliphatic carboxylic acids is 1. The van der Waals surface area contributed by atoms with Crippen molar-refractivity contribution in [2.75, 3.05) is 0 Å². The van der Waals surface area contributed by atoms with Gasteiger partial charge >= 0.3 is 12.1 Å². The summed E-state index contributed by atoms with van der Waals surface area (Å²) in [5, 5.41) is 11.7. The molecule has 2 atom stereocenters. The molecule has 0 fully saturated rings. The summed E-state index contributed by atoms with van der Waals surface area (Å²) in [4.78, 5) is 22.9. The van der Waals surface area contributed by atoms with Crippen LogP contribution < -0.4 is 5.32 Å². The highest BCUT2D eigenvalue weighted by atomic mass is 16.5. The maximum Gasteiger partial charge on any atom is 0.407 e. The number of carboxylic acid groups (broad SMARTS) is 1. The molecule has 2 N–H and O–H groups in total. The lowest BCUT2D eigenvalue weighted by Crippen LogP contribution is -2.42. The summed E-state index contributed by atoms with van der Waals surface area (Å²) in [5.41, 5.74) is 0.896. The third-order valence-corrected chi connectivity index (χ3v) is 3.79. The number of allylic oxidation sites excluding steroid dienone is 2. The second-order valence-electron chi connectivity index (χ2n) is 5.45. The Bertz CT molecular complexity index is 527. The SMILES string of the molecule is O=C(O)C[C@H](NC(=O)OCc1ccccc1)[C@@H]1CC=CCC1. The predicted octanol–water partition coefficient (Wildman–Crippen LogP) is 3.11.